The van der Waals surface area contributed by atoms with E-state index in [-0.39, 0.29) is 11.6 Å². The van der Waals surface area contributed by atoms with Gasteiger partial charge in [-0.1, -0.05) is 6.07 Å². The van der Waals surface area contributed by atoms with Crippen molar-refractivity contribution in [3.8, 4) is 23.2 Å². The smallest absolute Gasteiger partial charge is 0.416 e. The molecule has 2 amide bonds. The number of hydrogen-bond donors (Lipinski definition) is 2. The Morgan fingerprint density at radius 1 is 1.17 bits per heavy atom. The number of pyridine rings is 2. The van der Waals surface area contributed by atoms with Gasteiger partial charge >= 0.3 is 12.2 Å². The van der Waals surface area contributed by atoms with Crippen molar-refractivity contribution in [3.63, 3.8) is 0 Å². The van der Waals surface area contributed by atoms with Crippen LogP contribution in [0.4, 0.5) is 29.5 Å². The Morgan fingerprint density at radius 2 is 1.95 bits per heavy atom. The molecular weight excluding hydrogens is 547 g/mol. The van der Waals surface area contributed by atoms with Crippen LogP contribution in [0.2, 0.25) is 0 Å². The summed E-state index contributed by atoms with van der Waals surface area (Å²) in [6.45, 7) is 4.82. The van der Waals surface area contributed by atoms with E-state index in [0.717, 1.165) is 23.3 Å². The van der Waals surface area contributed by atoms with Gasteiger partial charge in [-0.15, -0.1) is 0 Å². The van der Waals surface area contributed by atoms with Crippen molar-refractivity contribution in [2.75, 3.05) is 56.2 Å². The molecule has 1 saturated heterocycles. The van der Waals surface area contributed by atoms with Crippen molar-refractivity contribution in [3.05, 3.63) is 65.4 Å². The van der Waals surface area contributed by atoms with Gasteiger partial charge in [0.2, 0.25) is 5.88 Å². The number of likely N-dealkylation sites (N-methyl/N-ethyl adjacent to an activating group) is 1. The number of hydrogen-bond acceptors (Lipinski definition) is 7. The van der Waals surface area contributed by atoms with Crippen LogP contribution in [0.15, 0.2) is 48.7 Å². The summed E-state index contributed by atoms with van der Waals surface area (Å²) in [6, 6.07) is 12.6. The zero-order valence-corrected chi connectivity index (χ0v) is 23.5. The fourth-order valence-corrected chi connectivity index (χ4v) is 5.76. The van der Waals surface area contributed by atoms with Gasteiger partial charge in [-0.3, -0.25) is 4.90 Å². The van der Waals surface area contributed by atoms with Gasteiger partial charge in [-0.05, 0) is 63.2 Å². The summed E-state index contributed by atoms with van der Waals surface area (Å²) in [7, 11) is 1.81. The maximum atomic E-state index is 13.4. The molecule has 3 aromatic rings. The lowest BCUT2D eigenvalue weighted by Crippen LogP contribution is -2.48. The molecule has 2 aliphatic rings. The molecule has 0 radical (unpaired) electrons. The number of rotatable bonds is 7. The van der Waals surface area contributed by atoms with Crippen molar-refractivity contribution in [1.82, 2.24) is 20.6 Å². The number of fused-ring (bicyclic) bond motifs is 2. The van der Waals surface area contributed by atoms with Crippen LogP contribution in [0.3, 0.4) is 0 Å². The Kier molecular flexibility index (Phi) is 8.22. The lowest BCUT2D eigenvalue weighted by Gasteiger charge is -2.41. The molecule has 2 aromatic heterocycles. The summed E-state index contributed by atoms with van der Waals surface area (Å²) in [6.07, 6.45) is -1.61. The normalized spacial score (nSPS) is 15.8. The highest BCUT2D eigenvalue weighted by molar-refractivity contribution is 5.94. The van der Waals surface area contributed by atoms with E-state index in [2.05, 4.69) is 15.6 Å². The molecule has 1 fully saturated rings. The van der Waals surface area contributed by atoms with Crippen LogP contribution in [-0.2, 0) is 11.6 Å². The van der Waals surface area contributed by atoms with E-state index in [1.807, 2.05) is 49.2 Å². The standard InChI is InChI=1S/C30H32F3N7O2/c1-3-42-27-22(5-4-12-36-27)24-8-7-23-26(38-24)40(28(41)37-14-13-35-2)19-29(23)10-15-39(16-11-29)25-9-6-21(30(31,32)33)17-20(25)18-34/h4-9,12,17,35H,3,10-11,13-16,19H2,1-2H3,(H,37,41). The zero-order valence-electron chi connectivity index (χ0n) is 23.5. The lowest BCUT2D eigenvalue weighted by molar-refractivity contribution is -0.137. The van der Waals surface area contributed by atoms with Gasteiger partial charge in [-0.25, -0.2) is 14.8 Å². The van der Waals surface area contributed by atoms with Crippen LogP contribution < -0.4 is 25.2 Å². The number of anilines is 2. The van der Waals surface area contributed by atoms with Crippen molar-refractivity contribution in [1.29, 1.82) is 5.26 Å². The Bertz CT molecular complexity index is 1500. The quantitative estimate of drug-likeness (QED) is 0.390. The molecule has 0 atom stereocenters. The second-order valence-electron chi connectivity index (χ2n) is 10.4. The Hall–Kier alpha value is -4.37. The van der Waals surface area contributed by atoms with Crippen LogP contribution in [0.5, 0.6) is 5.88 Å². The maximum absolute atomic E-state index is 13.4. The number of amides is 2. The first-order valence-electron chi connectivity index (χ1n) is 13.9. The minimum atomic E-state index is -4.52. The van der Waals surface area contributed by atoms with Gasteiger partial charge in [0.25, 0.3) is 0 Å². The topological polar surface area (TPSA) is 106 Å². The summed E-state index contributed by atoms with van der Waals surface area (Å²) >= 11 is 0. The summed E-state index contributed by atoms with van der Waals surface area (Å²) < 4.78 is 45.4. The van der Waals surface area contributed by atoms with Crippen LogP contribution in [0.1, 0.15) is 36.5 Å². The second-order valence-corrected chi connectivity index (χ2v) is 10.4. The fraction of sp³-hybridized carbons (Fsp3) is 0.400. The molecule has 5 rings (SSSR count). The zero-order chi connectivity index (χ0) is 29.9. The number of piperidine rings is 1. The molecule has 1 spiro atoms. The first kappa shape index (κ1) is 29.1. The molecule has 42 heavy (non-hydrogen) atoms. The molecule has 0 aliphatic carbocycles. The van der Waals surface area contributed by atoms with Gasteiger partial charge in [0.05, 0.1) is 34.7 Å². The second kappa shape index (κ2) is 11.9. The van der Waals surface area contributed by atoms with E-state index in [9.17, 15) is 23.2 Å². The first-order valence-corrected chi connectivity index (χ1v) is 13.9. The molecule has 1 aromatic carbocycles. The molecule has 4 heterocycles. The number of carbonyl (C=O) groups excluding carboxylic acids is 1. The largest absolute Gasteiger partial charge is 0.477 e. The lowest BCUT2D eigenvalue weighted by atomic mass is 9.74. The number of nitrogens with one attached hydrogen (secondary N) is 2. The molecule has 2 aliphatic heterocycles. The predicted octanol–water partition coefficient (Wildman–Crippen LogP) is 4.72. The third-order valence-electron chi connectivity index (χ3n) is 7.89. The molecule has 220 valence electrons. The summed E-state index contributed by atoms with van der Waals surface area (Å²) in [5, 5.41) is 15.6. The average Bonchev–Trinajstić information content (AvgIpc) is 3.30. The summed E-state index contributed by atoms with van der Waals surface area (Å²) in [5.74, 6) is 1.03. The molecule has 12 heteroatoms. The van der Waals surface area contributed by atoms with Crippen molar-refractivity contribution in [2.45, 2.75) is 31.4 Å². The number of aromatic nitrogens is 2. The minimum Gasteiger partial charge on any atom is -0.477 e. The summed E-state index contributed by atoms with van der Waals surface area (Å²) in [4.78, 5) is 26.3. The van der Waals surface area contributed by atoms with E-state index in [1.54, 1.807) is 11.1 Å². The maximum Gasteiger partial charge on any atom is 0.416 e. The molecule has 0 saturated carbocycles. The van der Waals surface area contributed by atoms with Gasteiger partial charge in [-0.2, -0.15) is 18.4 Å². The van der Waals surface area contributed by atoms with Gasteiger partial charge in [0.15, 0.2) is 0 Å². The molecule has 2 N–H and O–H groups in total. The highest BCUT2D eigenvalue weighted by Crippen LogP contribution is 2.48. The van der Waals surface area contributed by atoms with Gasteiger partial charge in [0.1, 0.15) is 11.9 Å². The third-order valence-corrected chi connectivity index (χ3v) is 7.89. The van der Waals surface area contributed by atoms with E-state index in [1.165, 1.54) is 6.07 Å². The Balaban J connectivity index is 1.46. The molecule has 0 unspecified atom stereocenters. The summed E-state index contributed by atoms with van der Waals surface area (Å²) in [5.41, 5.74) is 1.54. The number of nitriles is 1. The van der Waals surface area contributed by atoms with E-state index < -0.39 is 17.2 Å². The number of ether oxygens (including phenoxy) is 1. The number of urea groups is 1. The van der Waals surface area contributed by atoms with Crippen LogP contribution in [-0.4, -0.2) is 62.4 Å². The molecular formula is C30H32F3N7O2. The number of carbonyl (C=O) groups is 1. The SMILES string of the molecule is CCOc1ncccc1-c1ccc2c(n1)N(C(=O)NCCNC)CC21CCN(c2ccc(C(F)(F)F)cc2C#N)CC1. The van der Waals surface area contributed by atoms with Gasteiger partial charge < -0.3 is 20.3 Å². The van der Waals surface area contributed by atoms with E-state index in [4.69, 9.17) is 9.72 Å². The fourth-order valence-electron chi connectivity index (χ4n) is 5.76. The van der Waals surface area contributed by atoms with Gasteiger partial charge in [0, 0.05) is 49.9 Å². The van der Waals surface area contributed by atoms with E-state index in [0.29, 0.717) is 75.3 Å². The molecule has 9 nitrogen and oxygen atoms in total. The van der Waals surface area contributed by atoms with Crippen molar-refractivity contribution in [2.24, 2.45) is 0 Å². The third kappa shape index (κ3) is 5.56. The highest BCUT2D eigenvalue weighted by atomic mass is 19.4. The molecule has 0 bridgehead atoms. The van der Waals surface area contributed by atoms with Crippen LogP contribution in [0, 0.1) is 11.3 Å². The Morgan fingerprint density at radius 3 is 2.64 bits per heavy atom. The van der Waals surface area contributed by atoms with Crippen LogP contribution in [0.25, 0.3) is 11.3 Å². The number of halogens is 3. The first-order chi connectivity index (χ1) is 20.2. The predicted molar refractivity (Wildman–Crippen MR) is 153 cm³/mol. The van der Waals surface area contributed by atoms with Crippen molar-refractivity contribution < 1.29 is 22.7 Å². The van der Waals surface area contributed by atoms with Crippen LogP contribution >= 0.6 is 0 Å². The van der Waals surface area contributed by atoms with E-state index >= 15 is 0 Å². The number of benzene rings is 1. The minimum absolute atomic E-state index is 0.00832. The van der Waals surface area contributed by atoms with Crippen molar-refractivity contribution >= 4 is 17.5 Å². The number of alkyl halides is 3. The number of nitrogens with zero attached hydrogens (tertiary/aromatic N) is 5. The monoisotopic (exact) mass is 579 g/mol. The average molecular weight is 580 g/mol. The Labute approximate surface area is 242 Å². The highest BCUT2D eigenvalue weighted by Gasteiger charge is 2.48.